The van der Waals surface area contributed by atoms with Gasteiger partial charge in [-0.3, -0.25) is 0 Å². The first kappa shape index (κ1) is 16.2. The van der Waals surface area contributed by atoms with E-state index >= 15 is 0 Å². The Balaban J connectivity index is 1.80. The predicted octanol–water partition coefficient (Wildman–Crippen LogP) is 2.63. The number of amides is 2. The van der Waals surface area contributed by atoms with E-state index in [0.717, 1.165) is 31.6 Å². The zero-order chi connectivity index (χ0) is 15.1. The van der Waals surface area contributed by atoms with E-state index in [-0.39, 0.29) is 12.1 Å². The van der Waals surface area contributed by atoms with Gasteiger partial charge in [0.1, 0.15) is 11.9 Å². The van der Waals surface area contributed by atoms with Crippen molar-refractivity contribution in [3.05, 3.63) is 24.2 Å². The molecule has 118 valence electrons. The highest BCUT2D eigenvalue weighted by atomic mass is 32.2. The Morgan fingerprint density at radius 2 is 2.52 bits per heavy atom. The summed E-state index contributed by atoms with van der Waals surface area (Å²) in [4.78, 5) is 14.0. The maximum atomic E-state index is 12.2. The zero-order valence-corrected chi connectivity index (χ0v) is 13.3. The number of nitrogens with one attached hydrogen (secondary N) is 1. The second-order valence-corrected chi connectivity index (χ2v) is 6.32. The van der Waals surface area contributed by atoms with E-state index < -0.39 is 6.10 Å². The van der Waals surface area contributed by atoms with Crippen molar-refractivity contribution < 1.29 is 14.3 Å². The van der Waals surface area contributed by atoms with Crippen LogP contribution in [0.4, 0.5) is 4.79 Å². The van der Waals surface area contributed by atoms with E-state index in [9.17, 15) is 9.90 Å². The minimum absolute atomic E-state index is 0.00903. The Labute approximate surface area is 130 Å². The van der Waals surface area contributed by atoms with Crippen LogP contribution in [0.3, 0.4) is 0 Å². The van der Waals surface area contributed by atoms with E-state index in [1.54, 1.807) is 30.2 Å². The number of hydrogen-bond acceptors (Lipinski definition) is 4. The Morgan fingerprint density at radius 1 is 1.67 bits per heavy atom. The maximum absolute atomic E-state index is 12.2. The summed E-state index contributed by atoms with van der Waals surface area (Å²) >= 11 is 1.78. The summed E-state index contributed by atoms with van der Waals surface area (Å²) in [5.41, 5.74) is 0. The van der Waals surface area contributed by atoms with Crippen molar-refractivity contribution in [2.45, 2.75) is 37.8 Å². The number of furan rings is 1. The molecule has 6 heteroatoms. The highest BCUT2D eigenvalue weighted by Crippen LogP contribution is 2.27. The fraction of sp³-hybridized carbons (Fsp3) is 0.667. The first-order valence-corrected chi connectivity index (χ1v) is 8.86. The molecule has 2 unspecified atom stereocenters. The molecule has 1 aliphatic rings. The highest BCUT2D eigenvalue weighted by Gasteiger charge is 2.31. The molecule has 2 atom stereocenters. The first-order chi connectivity index (χ1) is 10.2. The molecule has 0 aromatic carbocycles. The van der Waals surface area contributed by atoms with Crippen molar-refractivity contribution in [1.29, 1.82) is 0 Å². The van der Waals surface area contributed by atoms with Gasteiger partial charge in [0.25, 0.3) is 0 Å². The lowest BCUT2D eigenvalue weighted by atomic mass is 10.1. The molecule has 2 rings (SSSR count). The largest absolute Gasteiger partial charge is 0.467 e. The van der Waals surface area contributed by atoms with Crippen molar-refractivity contribution in [2.75, 3.05) is 25.1 Å². The fourth-order valence-electron chi connectivity index (χ4n) is 2.72. The van der Waals surface area contributed by atoms with E-state index in [2.05, 4.69) is 11.6 Å². The molecule has 0 saturated carbocycles. The van der Waals surface area contributed by atoms with Gasteiger partial charge < -0.3 is 19.7 Å². The molecular formula is C15H24N2O3S. The minimum Gasteiger partial charge on any atom is -0.467 e. The molecule has 1 fully saturated rings. The molecule has 2 N–H and O–H groups in total. The molecule has 0 aliphatic carbocycles. The summed E-state index contributed by atoms with van der Waals surface area (Å²) in [6.45, 7) is 1.48. The number of aliphatic hydroxyl groups excluding tert-OH is 1. The lowest BCUT2D eigenvalue weighted by molar-refractivity contribution is 0.108. The summed E-state index contributed by atoms with van der Waals surface area (Å²) in [5.74, 6) is 1.63. The zero-order valence-electron chi connectivity index (χ0n) is 12.5. The van der Waals surface area contributed by atoms with Crippen LogP contribution in [0.25, 0.3) is 0 Å². The summed E-state index contributed by atoms with van der Waals surface area (Å²) in [5, 5.41) is 13.1. The van der Waals surface area contributed by atoms with Gasteiger partial charge in [0.15, 0.2) is 0 Å². The molecule has 0 radical (unpaired) electrons. The summed E-state index contributed by atoms with van der Waals surface area (Å²) in [7, 11) is 0. The van der Waals surface area contributed by atoms with Crippen molar-refractivity contribution >= 4 is 17.8 Å². The first-order valence-electron chi connectivity index (χ1n) is 7.47. The maximum Gasteiger partial charge on any atom is 0.317 e. The van der Waals surface area contributed by atoms with Gasteiger partial charge in [0.05, 0.1) is 6.26 Å². The molecule has 0 spiro atoms. The van der Waals surface area contributed by atoms with Gasteiger partial charge >= 0.3 is 6.03 Å². The minimum atomic E-state index is -0.644. The standard InChI is InChI=1S/C15H24N2O3S/c1-21-10-4-7-16-15(19)17-8-2-5-12(17)11-13(18)14-6-3-9-20-14/h3,6,9,12-13,18H,2,4-5,7-8,10-11H2,1H3,(H,16,19). The van der Waals surface area contributed by atoms with Gasteiger partial charge in [0.2, 0.25) is 0 Å². The van der Waals surface area contributed by atoms with E-state index in [1.807, 2.05) is 4.90 Å². The number of rotatable bonds is 7. The van der Waals surface area contributed by atoms with Crippen LogP contribution in [-0.4, -0.2) is 47.2 Å². The number of aliphatic hydroxyl groups is 1. The quantitative estimate of drug-likeness (QED) is 0.760. The highest BCUT2D eigenvalue weighted by molar-refractivity contribution is 7.98. The predicted molar refractivity (Wildman–Crippen MR) is 84.4 cm³/mol. The van der Waals surface area contributed by atoms with E-state index in [1.165, 1.54) is 0 Å². The summed E-state index contributed by atoms with van der Waals surface area (Å²) in [6.07, 6.45) is 6.43. The number of urea groups is 1. The van der Waals surface area contributed by atoms with Gasteiger partial charge in [-0.25, -0.2) is 4.79 Å². The van der Waals surface area contributed by atoms with Gasteiger partial charge in [-0.1, -0.05) is 0 Å². The monoisotopic (exact) mass is 312 g/mol. The van der Waals surface area contributed by atoms with Crippen LogP contribution < -0.4 is 5.32 Å². The third-order valence-corrected chi connectivity index (χ3v) is 4.50. The SMILES string of the molecule is CSCCCNC(=O)N1CCCC1CC(O)c1ccco1. The van der Waals surface area contributed by atoms with Gasteiger partial charge in [-0.05, 0) is 43.4 Å². The van der Waals surface area contributed by atoms with E-state index in [0.29, 0.717) is 18.7 Å². The number of likely N-dealkylation sites (tertiary alicyclic amines) is 1. The number of hydrogen-bond donors (Lipinski definition) is 2. The summed E-state index contributed by atoms with van der Waals surface area (Å²) in [6, 6.07) is 3.62. The van der Waals surface area contributed by atoms with Crippen LogP contribution in [0.15, 0.2) is 22.8 Å². The molecule has 1 aromatic rings. The summed E-state index contributed by atoms with van der Waals surface area (Å²) < 4.78 is 5.22. The Kier molecular flexibility index (Phi) is 6.45. The Morgan fingerprint density at radius 3 is 3.24 bits per heavy atom. The van der Waals surface area contributed by atoms with Gasteiger partial charge in [-0.2, -0.15) is 11.8 Å². The van der Waals surface area contributed by atoms with Crippen LogP contribution in [0.1, 0.15) is 37.5 Å². The van der Waals surface area contributed by atoms with Crippen molar-refractivity contribution in [3.63, 3.8) is 0 Å². The topological polar surface area (TPSA) is 65.7 Å². The van der Waals surface area contributed by atoms with Gasteiger partial charge in [0, 0.05) is 25.6 Å². The molecule has 1 saturated heterocycles. The number of carbonyl (C=O) groups is 1. The third-order valence-electron chi connectivity index (χ3n) is 3.81. The fourth-order valence-corrected chi connectivity index (χ4v) is 3.15. The van der Waals surface area contributed by atoms with Crippen LogP contribution in [0.5, 0.6) is 0 Å². The Hall–Kier alpha value is -1.14. The molecule has 21 heavy (non-hydrogen) atoms. The van der Waals surface area contributed by atoms with Crippen LogP contribution >= 0.6 is 11.8 Å². The molecule has 0 bridgehead atoms. The number of thioether (sulfide) groups is 1. The second kappa shape index (κ2) is 8.34. The molecule has 2 amide bonds. The van der Waals surface area contributed by atoms with Crippen LogP contribution in [0.2, 0.25) is 0 Å². The normalized spacial score (nSPS) is 19.7. The molecule has 5 nitrogen and oxygen atoms in total. The van der Waals surface area contributed by atoms with Crippen molar-refractivity contribution in [2.24, 2.45) is 0 Å². The smallest absolute Gasteiger partial charge is 0.317 e. The van der Waals surface area contributed by atoms with Crippen LogP contribution in [-0.2, 0) is 0 Å². The van der Waals surface area contributed by atoms with Crippen molar-refractivity contribution in [3.8, 4) is 0 Å². The third kappa shape index (κ3) is 4.68. The van der Waals surface area contributed by atoms with Gasteiger partial charge in [-0.15, -0.1) is 0 Å². The van der Waals surface area contributed by atoms with Crippen molar-refractivity contribution in [1.82, 2.24) is 10.2 Å². The van der Waals surface area contributed by atoms with Crippen LogP contribution in [0, 0.1) is 0 Å². The lowest BCUT2D eigenvalue weighted by Gasteiger charge is -2.26. The number of nitrogens with zero attached hydrogens (tertiary/aromatic N) is 1. The average molecular weight is 312 g/mol. The Bertz CT molecular complexity index is 425. The second-order valence-electron chi connectivity index (χ2n) is 5.33. The molecular weight excluding hydrogens is 288 g/mol. The lowest BCUT2D eigenvalue weighted by Crippen LogP contribution is -2.43. The molecule has 1 aromatic heterocycles. The average Bonchev–Trinajstić information content (AvgIpc) is 3.14. The molecule has 2 heterocycles. The number of carbonyl (C=O) groups excluding carboxylic acids is 1. The molecule has 1 aliphatic heterocycles. The van der Waals surface area contributed by atoms with E-state index in [4.69, 9.17) is 4.42 Å².